The minimum absolute atomic E-state index is 0.264. The van der Waals surface area contributed by atoms with Crippen molar-refractivity contribution in [3.05, 3.63) is 69.7 Å². The van der Waals surface area contributed by atoms with Gasteiger partial charge in [0.15, 0.2) is 0 Å². The molecule has 2 aromatic rings. The average molecular weight is 348 g/mol. The van der Waals surface area contributed by atoms with Crippen LogP contribution < -0.4 is 0 Å². The fourth-order valence-electron chi connectivity index (χ4n) is 2.23. The molecule has 0 amide bonds. The van der Waals surface area contributed by atoms with Crippen molar-refractivity contribution in [3.8, 4) is 0 Å². The number of carboxylic acids is 1. The van der Waals surface area contributed by atoms with E-state index in [1.54, 1.807) is 12.1 Å². The van der Waals surface area contributed by atoms with Crippen LogP contribution in [0.25, 0.3) is 0 Å². The van der Waals surface area contributed by atoms with Crippen molar-refractivity contribution < 1.29 is 9.90 Å². The first-order chi connectivity index (χ1) is 9.99. The van der Waals surface area contributed by atoms with E-state index in [0.29, 0.717) is 5.56 Å². The van der Waals surface area contributed by atoms with Crippen molar-refractivity contribution in [3.63, 3.8) is 0 Å². The summed E-state index contributed by atoms with van der Waals surface area (Å²) >= 11 is 3.58. The molecule has 0 spiro atoms. The molecule has 0 saturated heterocycles. The molecular weight excluding hydrogens is 330 g/mol. The predicted molar refractivity (Wildman–Crippen MR) is 87.4 cm³/mol. The lowest BCUT2D eigenvalue weighted by molar-refractivity contribution is 0.0697. The van der Waals surface area contributed by atoms with Gasteiger partial charge in [-0.3, -0.25) is 4.90 Å². The SMILES string of the molecule is CC(c1ccccc1Br)N(C)Cc1ccc(C(=O)O)cc1. The van der Waals surface area contributed by atoms with E-state index in [1.807, 2.05) is 30.3 Å². The zero-order chi connectivity index (χ0) is 15.4. The molecule has 0 aliphatic rings. The summed E-state index contributed by atoms with van der Waals surface area (Å²) in [5.41, 5.74) is 2.66. The highest BCUT2D eigenvalue weighted by Gasteiger charge is 2.14. The molecule has 3 nitrogen and oxygen atoms in total. The standard InChI is InChI=1S/C17H18BrNO2/c1-12(15-5-3-4-6-16(15)18)19(2)11-13-7-9-14(10-8-13)17(20)21/h3-10,12H,11H2,1-2H3,(H,20,21). The molecule has 1 unspecified atom stereocenters. The second kappa shape index (κ2) is 6.87. The second-order valence-corrected chi connectivity index (χ2v) is 5.97. The summed E-state index contributed by atoms with van der Waals surface area (Å²) in [6.07, 6.45) is 0. The van der Waals surface area contributed by atoms with Gasteiger partial charge in [-0.1, -0.05) is 46.3 Å². The molecule has 0 aliphatic heterocycles. The Morgan fingerprint density at radius 1 is 1.19 bits per heavy atom. The third-order valence-corrected chi connectivity index (χ3v) is 4.37. The molecule has 0 fully saturated rings. The summed E-state index contributed by atoms with van der Waals surface area (Å²) in [4.78, 5) is 13.1. The normalized spacial score (nSPS) is 12.4. The highest BCUT2D eigenvalue weighted by Crippen LogP contribution is 2.27. The quantitative estimate of drug-likeness (QED) is 0.874. The Morgan fingerprint density at radius 3 is 2.38 bits per heavy atom. The lowest BCUT2D eigenvalue weighted by Gasteiger charge is -2.26. The Bertz CT molecular complexity index is 625. The molecule has 2 rings (SSSR count). The van der Waals surface area contributed by atoms with E-state index in [4.69, 9.17) is 5.11 Å². The zero-order valence-electron chi connectivity index (χ0n) is 12.1. The van der Waals surface area contributed by atoms with Crippen LogP contribution >= 0.6 is 15.9 Å². The highest BCUT2D eigenvalue weighted by atomic mass is 79.9. The maximum absolute atomic E-state index is 10.8. The number of benzene rings is 2. The molecule has 0 aliphatic carbocycles. The van der Waals surface area contributed by atoms with Gasteiger partial charge in [-0.25, -0.2) is 4.79 Å². The Hall–Kier alpha value is -1.65. The molecule has 2 aromatic carbocycles. The number of hydrogen-bond donors (Lipinski definition) is 1. The van der Waals surface area contributed by atoms with Crippen LogP contribution in [0, 0.1) is 0 Å². The van der Waals surface area contributed by atoms with Gasteiger partial charge in [-0.2, -0.15) is 0 Å². The smallest absolute Gasteiger partial charge is 0.335 e. The van der Waals surface area contributed by atoms with Crippen LogP contribution in [0.15, 0.2) is 53.0 Å². The van der Waals surface area contributed by atoms with Crippen LogP contribution in [-0.2, 0) is 6.54 Å². The van der Waals surface area contributed by atoms with E-state index in [1.165, 1.54) is 5.56 Å². The maximum Gasteiger partial charge on any atom is 0.335 e. The van der Waals surface area contributed by atoms with Crippen LogP contribution in [0.3, 0.4) is 0 Å². The average Bonchev–Trinajstić information content (AvgIpc) is 2.47. The number of halogens is 1. The molecule has 0 heterocycles. The summed E-state index contributed by atoms with van der Waals surface area (Å²) in [5.74, 6) is -0.892. The Labute approximate surface area is 133 Å². The predicted octanol–water partition coefficient (Wildman–Crippen LogP) is 4.34. The number of carbonyl (C=O) groups is 1. The van der Waals surface area contributed by atoms with E-state index in [9.17, 15) is 4.79 Å². The Morgan fingerprint density at radius 2 is 1.81 bits per heavy atom. The second-order valence-electron chi connectivity index (χ2n) is 5.11. The Kier molecular flexibility index (Phi) is 5.15. The van der Waals surface area contributed by atoms with Gasteiger partial charge in [0.1, 0.15) is 0 Å². The fourth-order valence-corrected chi connectivity index (χ4v) is 2.85. The molecule has 1 atom stereocenters. The van der Waals surface area contributed by atoms with Crippen molar-refractivity contribution in [2.24, 2.45) is 0 Å². The molecule has 1 N–H and O–H groups in total. The Balaban J connectivity index is 2.08. The fraction of sp³-hybridized carbons (Fsp3) is 0.235. The van der Waals surface area contributed by atoms with Gasteiger partial charge in [0.05, 0.1) is 5.56 Å². The van der Waals surface area contributed by atoms with Gasteiger partial charge in [-0.05, 0) is 43.3 Å². The third-order valence-electron chi connectivity index (χ3n) is 3.65. The minimum atomic E-state index is -0.892. The zero-order valence-corrected chi connectivity index (χ0v) is 13.7. The van der Waals surface area contributed by atoms with Crippen LogP contribution in [0.5, 0.6) is 0 Å². The van der Waals surface area contributed by atoms with E-state index in [-0.39, 0.29) is 6.04 Å². The molecule has 0 saturated carbocycles. The molecule has 110 valence electrons. The van der Waals surface area contributed by atoms with Gasteiger partial charge in [0, 0.05) is 17.1 Å². The van der Waals surface area contributed by atoms with E-state index in [2.05, 4.69) is 40.9 Å². The van der Waals surface area contributed by atoms with E-state index < -0.39 is 5.97 Å². The number of carboxylic acid groups (broad SMARTS) is 1. The topological polar surface area (TPSA) is 40.5 Å². The third kappa shape index (κ3) is 3.93. The summed E-state index contributed by atoms with van der Waals surface area (Å²) in [7, 11) is 2.06. The van der Waals surface area contributed by atoms with Gasteiger partial charge in [0.25, 0.3) is 0 Å². The van der Waals surface area contributed by atoms with E-state index >= 15 is 0 Å². The number of hydrogen-bond acceptors (Lipinski definition) is 2. The lowest BCUT2D eigenvalue weighted by Crippen LogP contribution is -2.22. The van der Waals surface area contributed by atoms with Crippen LogP contribution in [-0.4, -0.2) is 23.0 Å². The first-order valence-electron chi connectivity index (χ1n) is 6.76. The van der Waals surface area contributed by atoms with Crippen LogP contribution in [0.2, 0.25) is 0 Å². The highest BCUT2D eigenvalue weighted by molar-refractivity contribution is 9.10. The van der Waals surface area contributed by atoms with E-state index in [0.717, 1.165) is 16.6 Å². The summed E-state index contributed by atoms with van der Waals surface area (Å²) in [5, 5.41) is 8.91. The summed E-state index contributed by atoms with van der Waals surface area (Å²) < 4.78 is 1.10. The molecule has 4 heteroatoms. The molecular formula is C17H18BrNO2. The number of nitrogens with zero attached hydrogens (tertiary/aromatic N) is 1. The van der Waals surface area contributed by atoms with Crippen molar-refractivity contribution >= 4 is 21.9 Å². The maximum atomic E-state index is 10.8. The first kappa shape index (κ1) is 15.7. The largest absolute Gasteiger partial charge is 0.478 e. The molecule has 0 radical (unpaired) electrons. The number of rotatable bonds is 5. The van der Waals surface area contributed by atoms with Crippen molar-refractivity contribution in [2.45, 2.75) is 19.5 Å². The van der Waals surface area contributed by atoms with Gasteiger partial charge in [0.2, 0.25) is 0 Å². The van der Waals surface area contributed by atoms with Crippen LogP contribution in [0.1, 0.15) is 34.5 Å². The first-order valence-corrected chi connectivity index (χ1v) is 7.55. The van der Waals surface area contributed by atoms with Gasteiger partial charge < -0.3 is 5.11 Å². The van der Waals surface area contributed by atoms with Gasteiger partial charge >= 0.3 is 5.97 Å². The van der Waals surface area contributed by atoms with Crippen molar-refractivity contribution in [1.82, 2.24) is 4.90 Å². The molecule has 21 heavy (non-hydrogen) atoms. The monoisotopic (exact) mass is 347 g/mol. The van der Waals surface area contributed by atoms with Crippen molar-refractivity contribution in [2.75, 3.05) is 7.05 Å². The van der Waals surface area contributed by atoms with Crippen LogP contribution in [0.4, 0.5) is 0 Å². The number of aromatic carboxylic acids is 1. The molecule has 0 bridgehead atoms. The summed E-state index contributed by atoms with van der Waals surface area (Å²) in [6.45, 7) is 2.92. The molecule has 0 aromatic heterocycles. The summed E-state index contributed by atoms with van der Waals surface area (Å²) in [6, 6.07) is 15.5. The lowest BCUT2D eigenvalue weighted by atomic mass is 10.1. The minimum Gasteiger partial charge on any atom is -0.478 e. The van der Waals surface area contributed by atoms with Crippen molar-refractivity contribution in [1.29, 1.82) is 0 Å². The van der Waals surface area contributed by atoms with Gasteiger partial charge in [-0.15, -0.1) is 0 Å².